The van der Waals surface area contributed by atoms with Gasteiger partial charge in [-0.3, -0.25) is 9.59 Å². The number of carbonyl (C=O) groups excluding carboxylic acids is 2. The number of rotatable bonds is 4. The van der Waals surface area contributed by atoms with Crippen LogP contribution in [0.1, 0.15) is 41.3 Å². The molecule has 2 aromatic carbocycles. The van der Waals surface area contributed by atoms with Crippen LogP contribution in [0.25, 0.3) is 0 Å². The van der Waals surface area contributed by atoms with Gasteiger partial charge in [0.2, 0.25) is 11.8 Å². The van der Waals surface area contributed by atoms with Crippen molar-refractivity contribution < 1.29 is 9.59 Å². The number of hydrogen-bond acceptors (Lipinski definition) is 3. The van der Waals surface area contributed by atoms with Crippen LogP contribution in [0.15, 0.2) is 42.5 Å². The molecule has 0 spiro atoms. The highest BCUT2D eigenvalue weighted by Gasteiger charge is 2.21. The Morgan fingerprint density at radius 3 is 2.48 bits per heavy atom. The molecule has 0 aliphatic carbocycles. The molecule has 2 unspecified atom stereocenters. The summed E-state index contributed by atoms with van der Waals surface area (Å²) in [6.45, 7) is 3.90. The Morgan fingerprint density at radius 2 is 1.80 bits per heavy atom. The predicted molar refractivity (Wildman–Crippen MR) is 101 cm³/mol. The standard InChI is InChI=1S/C19H21N3O2.ClH/c1-11-3-5-13(6-4-11)18(20)19(24)21-12(2)14-7-8-16-15(9-14)10-17(23)22-16;/h3-9,12,18H,10,20H2,1-2H3,(H,21,24)(H,22,23);1H. The number of anilines is 1. The summed E-state index contributed by atoms with van der Waals surface area (Å²) in [7, 11) is 0. The number of carbonyl (C=O) groups is 2. The maximum absolute atomic E-state index is 12.4. The molecule has 0 radical (unpaired) electrons. The third-order valence-corrected chi connectivity index (χ3v) is 4.33. The molecule has 0 aromatic heterocycles. The van der Waals surface area contributed by atoms with E-state index in [1.54, 1.807) is 0 Å². The SMILES string of the molecule is Cc1ccc(C(N)C(=O)NC(C)c2ccc3c(c2)CC(=O)N3)cc1.Cl. The van der Waals surface area contributed by atoms with Crippen LogP contribution in [0, 0.1) is 6.92 Å². The van der Waals surface area contributed by atoms with Crippen molar-refractivity contribution in [3.8, 4) is 0 Å². The van der Waals surface area contributed by atoms with Gasteiger partial charge in [-0.15, -0.1) is 12.4 Å². The molecule has 0 saturated heterocycles. The van der Waals surface area contributed by atoms with Gasteiger partial charge in [0.05, 0.1) is 12.5 Å². The van der Waals surface area contributed by atoms with Crippen LogP contribution >= 0.6 is 12.4 Å². The third-order valence-electron chi connectivity index (χ3n) is 4.33. The minimum atomic E-state index is -0.703. The van der Waals surface area contributed by atoms with Gasteiger partial charge in [-0.2, -0.15) is 0 Å². The lowest BCUT2D eigenvalue weighted by atomic mass is 10.0. The zero-order valence-electron chi connectivity index (χ0n) is 14.2. The molecule has 25 heavy (non-hydrogen) atoms. The van der Waals surface area contributed by atoms with Crippen LogP contribution in [-0.2, 0) is 16.0 Å². The van der Waals surface area contributed by atoms with E-state index in [2.05, 4.69) is 10.6 Å². The van der Waals surface area contributed by atoms with Crippen molar-refractivity contribution >= 4 is 29.9 Å². The molecule has 2 amide bonds. The van der Waals surface area contributed by atoms with Gasteiger partial charge >= 0.3 is 0 Å². The molecule has 2 atom stereocenters. The fourth-order valence-corrected chi connectivity index (χ4v) is 2.83. The molecule has 6 heteroatoms. The molecule has 5 nitrogen and oxygen atoms in total. The van der Waals surface area contributed by atoms with Gasteiger partial charge in [0, 0.05) is 5.69 Å². The summed E-state index contributed by atoms with van der Waals surface area (Å²) in [6.07, 6.45) is 0.382. The van der Waals surface area contributed by atoms with Crippen molar-refractivity contribution in [3.63, 3.8) is 0 Å². The third kappa shape index (κ3) is 4.18. The van der Waals surface area contributed by atoms with Crippen LogP contribution in [0.5, 0.6) is 0 Å². The number of halogens is 1. The summed E-state index contributed by atoms with van der Waals surface area (Å²) in [4.78, 5) is 23.8. The number of fused-ring (bicyclic) bond motifs is 1. The predicted octanol–water partition coefficient (Wildman–Crippen LogP) is 2.79. The summed E-state index contributed by atoms with van der Waals surface area (Å²) in [5.41, 5.74) is 10.7. The number of benzene rings is 2. The van der Waals surface area contributed by atoms with E-state index in [1.807, 2.05) is 56.3 Å². The van der Waals surface area contributed by atoms with Crippen LogP contribution in [-0.4, -0.2) is 11.8 Å². The topological polar surface area (TPSA) is 84.2 Å². The molecule has 1 aliphatic rings. The van der Waals surface area contributed by atoms with Crippen molar-refractivity contribution in [2.45, 2.75) is 32.4 Å². The second kappa shape index (κ2) is 7.68. The highest BCUT2D eigenvalue weighted by molar-refractivity contribution is 5.99. The highest BCUT2D eigenvalue weighted by atomic mass is 35.5. The first-order chi connectivity index (χ1) is 11.4. The average molecular weight is 360 g/mol. The molecule has 132 valence electrons. The molecule has 3 rings (SSSR count). The maximum atomic E-state index is 12.4. The largest absolute Gasteiger partial charge is 0.348 e. The fourth-order valence-electron chi connectivity index (χ4n) is 2.83. The van der Waals surface area contributed by atoms with Crippen molar-refractivity contribution in [3.05, 3.63) is 64.7 Å². The first kappa shape index (κ1) is 19.0. The smallest absolute Gasteiger partial charge is 0.241 e. The number of hydrogen-bond donors (Lipinski definition) is 3. The molecular weight excluding hydrogens is 338 g/mol. The van der Waals surface area contributed by atoms with E-state index >= 15 is 0 Å². The monoisotopic (exact) mass is 359 g/mol. The van der Waals surface area contributed by atoms with Gasteiger partial charge in [0.15, 0.2) is 0 Å². The first-order valence-electron chi connectivity index (χ1n) is 7.99. The zero-order valence-corrected chi connectivity index (χ0v) is 15.0. The van der Waals surface area contributed by atoms with E-state index < -0.39 is 6.04 Å². The molecule has 1 heterocycles. The van der Waals surface area contributed by atoms with E-state index in [0.717, 1.165) is 27.9 Å². The lowest BCUT2D eigenvalue weighted by molar-refractivity contribution is -0.123. The zero-order chi connectivity index (χ0) is 17.3. The quantitative estimate of drug-likeness (QED) is 0.784. The molecule has 2 aromatic rings. The van der Waals surface area contributed by atoms with Crippen LogP contribution in [0.4, 0.5) is 5.69 Å². The molecular formula is C19H22ClN3O2. The summed E-state index contributed by atoms with van der Waals surface area (Å²) in [6, 6.07) is 12.5. The Bertz CT molecular complexity index is 790. The average Bonchev–Trinajstić information content (AvgIpc) is 2.93. The molecule has 0 bridgehead atoms. The second-order valence-corrected chi connectivity index (χ2v) is 6.26. The Labute approximate surface area is 153 Å². The Hall–Kier alpha value is -2.37. The number of amides is 2. The van der Waals surface area contributed by atoms with E-state index in [1.165, 1.54) is 0 Å². The minimum Gasteiger partial charge on any atom is -0.348 e. The normalized spacial score (nSPS) is 14.8. The van der Waals surface area contributed by atoms with Gasteiger partial charge in [-0.1, -0.05) is 42.0 Å². The van der Waals surface area contributed by atoms with E-state index in [9.17, 15) is 9.59 Å². The van der Waals surface area contributed by atoms with Crippen LogP contribution < -0.4 is 16.4 Å². The first-order valence-corrected chi connectivity index (χ1v) is 7.99. The summed E-state index contributed by atoms with van der Waals surface area (Å²) in [5.74, 6) is -0.221. The maximum Gasteiger partial charge on any atom is 0.241 e. The fraction of sp³-hybridized carbons (Fsp3) is 0.263. The van der Waals surface area contributed by atoms with E-state index in [-0.39, 0.29) is 30.3 Å². The number of aryl methyl sites for hydroxylation is 1. The van der Waals surface area contributed by atoms with Crippen LogP contribution in [0.3, 0.4) is 0 Å². The van der Waals surface area contributed by atoms with Gasteiger partial charge in [-0.25, -0.2) is 0 Å². The molecule has 0 saturated carbocycles. The lowest BCUT2D eigenvalue weighted by Crippen LogP contribution is -2.35. The minimum absolute atomic E-state index is 0. The van der Waals surface area contributed by atoms with Crippen LogP contribution in [0.2, 0.25) is 0 Å². The van der Waals surface area contributed by atoms with Gasteiger partial charge < -0.3 is 16.4 Å². The summed E-state index contributed by atoms with van der Waals surface area (Å²) in [5, 5.41) is 5.74. The second-order valence-electron chi connectivity index (χ2n) is 6.26. The number of nitrogens with one attached hydrogen (secondary N) is 2. The Kier molecular flexibility index (Phi) is 5.82. The van der Waals surface area contributed by atoms with Gasteiger partial charge in [0.25, 0.3) is 0 Å². The Morgan fingerprint density at radius 1 is 1.16 bits per heavy atom. The van der Waals surface area contributed by atoms with Crippen molar-refractivity contribution in [1.29, 1.82) is 0 Å². The van der Waals surface area contributed by atoms with Crippen molar-refractivity contribution in [2.24, 2.45) is 5.73 Å². The number of nitrogens with two attached hydrogens (primary N) is 1. The van der Waals surface area contributed by atoms with E-state index in [4.69, 9.17) is 5.73 Å². The van der Waals surface area contributed by atoms with Crippen molar-refractivity contribution in [1.82, 2.24) is 5.32 Å². The highest BCUT2D eigenvalue weighted by Crippen LogP contribution is 2.26. The Balaban J connectivity index is 0.00000225. The molecule has 1 aliphatic heterocycles. The van der Waals surface area contributed by atoms with Gasteiger partial charge in [-0.05, 0) is 36.6 Å². The lowest BCUT2D eigenvalue weighted by Gasteiger charge is -2.19. The molecule has 0 fully saturated rings. The summed E-state index contributed by atoms with van der Waals surface area (Å²) >= 11 is 0. The van der Waals surface area contributed by atoms with Crippen molar-refractivity contribution in [2.75, 3.05) is 5.32 Å². The molecule has 4 N–H and O–H groups in total. The van der Waals surface area contributed by atoms with Gasteiger partial charge in [0.1, 0.15) is 6.04 Å². The summed E-state index contributed by atoms with van der Waals surface area (Å²) < 4.78 is 0. The van der Waals surface area contributed by atoms with E-state index in [0.29, 0.717) is 6.42 Å².